The highest BCUT2D eigenvalue weighted by molar-refractivity contribution is 9.10. The highest BCUT2D eigenvalue weighted by Crippen LogP contribution is 2.19. The average molecular weight is 304 g/mol. The Morgan fingerprint density at radius 3 is 2.88 bits per heavy atom. The quantitative estimate of drug-likeness (QED) is 0.793. The van der Waals surface area contributed by atoms with Crippen molar-refractivity contribution in [3.05, 3.63) is 52.0 Å². The molecule has 0 fully saturated rings. The van der Waals surface area contributed by atoms with Crippen LogP contribution >= 0.6 is 27.5 Å². The van der Waals surface area contributed by atoms with Crippen molar-refractivity contribution in [1.29, 1.82) is 0 Å². The molecule has 0 amide bonds. The molecule has 1 aromatic heterocycles. The van der Waals surface area contributed by atoms with E-state index in [1.807, 2.05) is 6.20 Å². The van der Waals surface area contributed by atoms with Gasteiger partial charge in [-0.25, -0.2) is 4.39 Å². The first-order chi connectivity index (χ1) is 7.69. The molecule has 0 radical (unpaired) electrons. The smallest absolute Gasteiger partial charge is 0.124 e. The van der Waals surface area contributed by atoms with Gasteiger partial charge in [-0.05, 0) is 17.7 Å². The number of halogens is 3. The molecule has 84 valence electrons. The molecule has 1 heterocycles. The number of hydrogen-bond acceptors (Lipinski definition) is 1. The standard InChI is InChI=1S/C11H9BrClFN2/c12-11-3-10(14)2-1-9(11)7-16-6-8(4-13)5-15-16/h1-3,5-6H,4,7H2. The first-order valence-corrected chi connectivity index (χ1v) is 6.03. The molecule has 0 spiro atoms. The van der Waals surface area contributed by atoms with Crippen LogP contribution in [0.25, 0.3) is 0 Å². The molecule has 0 bridgehead atoms. The zero-order chi connectivity index (χ0) is 11.5. The van der Waals surface area contributed by atoms with Crippen molar-refractivity contribution in [1.82, 2.24) is 9.78 Å². The molecule has 0 atom stereocenters. The molecule has 0 aliphatic carbocycles. The highest BCUT2D eigenvalue weighted by Gasteiger charge is 2.03. The molecular formula is C11H9BrClFN2. The van der Waals surface area contributed by atoms with Crippen LogP contribution in [0.5, 0.6) is 0 Å². The Morgan fingerprint density at radius 2 is 2.25 bits per heavy atom. The third-order valence-electron chi connectivity index (χ3n) is 2.19. The van der Waals surface area contributed by atoms with Crippen molar-refractivity contribution in [2.75, 3.05) is 0 Å². The van der Waals surface area contributed by atoms with Gasteiger partial charge in [-0.2, -0.15) is 5.10 Å². The minimum atomic E-state index is -0.252. The van der Waals surface area contributed by atoms with Gasteiger partial charge in [0.25, 0.3) is 0 Å². The Labute approximate surface area is 106 Å². The van der Waals surface area contributed by atoms with E-state index in [-0.39, 0.29) is 5.82 Å². The fourth-order valence-corrected chi connectivity index (χ4v) is 2.00. The molecule has 0 saturated carbocycles. The molecular weight excluding hydrogens is 294 g/mol. The third kappa shape index (κ3) is 2.62. The van der Waals surface area contributed by atoms with E-state index in [0.29, 0.717) is 12.4 Å². The number of benzene rings is 1. The van der Waals surface area contributed by atoms with Crippen LogP contribution in [-0.4, -0.2) is 9.78 Å². The summed E-state index contributed by atoms with van der Waals surface area (Å²) >= 11 is 9.00. The Bertz CT molecular complexity index is 498. The number of aromatic nitrogens is 2. The molecule has 2 rings (SSSR count). The van der Waals surface area contributed by atoms with E-state index >= 15 is 0 Å². The van der Waals surface area contributed by atoms with Crippen LogP contribution in [-0.2, 0) is 12.4 Å². The van der Waals surface area contributed by atoms with E-state index in [1.165, 1.54) is 12.1 Å². The zero-order valence-electron chi connectivity index (χ0n) is 8.33. The van der Waals surface area contributed by atoms with Crippen molar-refractivity contribution in [2.24, 2.45) is 0 Å². The van der Waals surface area contributed by atoms with E-state index in [4.69, 9.17) is 11.6 Å². The number of nitrogens with zero attached hydrogens (tertiary/aromatic N) is 2. The maximum absolute atomic E-state index is 12.9. The van der Waals surface area contributed by atoms with Crippen molar-refractivity contribution in [3.63, 3.8) is 0 Å². The summed E-state index contributed by atoms with van der Waals surface area (Å²) in [6.45, 7) is 0.595. The molecule has 0 saturated heterocycles. The topological polar surface area (TPSA) is 17.8 Å². The zero-order valence-corrected chi connectivity index (χ0v) is 10.7. The summed E-state index contributed by atoms with van der Waals surface area (Å²) < 4.78 is 15.4. The Balaban J connectivity index is 2.20. The van der Waals surface area contributed by atoms with Crippen LogP contribution in [0, 0.1) is 5.82 Å². The van der Waals surface area contributed by atoms with Crippen LogP contribution in [0.1, 0.15) is 11.1 Å². The summed E-state index contributed by atoms with van der Waals surface area (Å²) in [5.41, 5.74) is 1.95. The maximum atomic E-state index is 12.9. The molecule has 5 heteroatoms. The van der Waals surface area contributed by atoms with Gasteiger partial charge in [-0.3, -0.25) is 4.68 Å². The normalized spacial score (nSPS) is 10.7. The number of hydrogen-bond donors (Lipinski definition) is 0. The first-order valence-electron chi connectivity index (χ1n) is 4.70. The van der Waals surface area contributed by atoms with Crippen molar-refractivity contribution < 1.29 is 4.39 Å². The van der Waals surface area contributed by atoms with Crippen molar-refractivity contribution in [3.8, 4) is 0 Å². The van der Waals surface area contributed by atoms with Crippen LogP contribution in [0.3, 0.4) is 0 Å². The van der Waals surface area contributed by atoms with Gasteiger partial charge in [0.1, 0.15) is 5.82 Å². The predicted octanol–water partition coefficient (Wildman–Crippen LogP) is 3.57. The van der Waals surface area contributed by atoms with Gasteiger partial charge in [0.15, 0.2) is 0 Å². The van der Waals surface area contributed by atoms with Gasteiger partial charge in [-0.1, -0.05) is 22.0 Å². The van der Waals surface area contributed by atoms with Crippen molar-refractivity contribution in [2.45, 2.75) is 12.4 Å². The van der Waals surface area contributed by atoms with E-state index in [1.54, 1.807) is 16.9 Å². The maximum Gasteiger partial charge on any atom is 0.124 e. The minimum Gasteiger partial charge on any atom is -0.268 e. The lowest BCUT2D eigenvalue weighted by Gasteiger charge is -2.04. The first kappa shape index (κ1) is 11.6. The third-order valence-corrected chi connectivity index (χ3v) is 3.24. The largest absolute Gasteiger partial charge is 0.268 e. The lowest BCUT2D eigenvalue weighted by molar-refractivity contribution is 0.623. The van der Waals surface area contributed by atoms with Gasteiger partial charge in [-0.15, -0.1) is 11.6 Å². The fourth-order valence-electron chi connectivity index (χ4n) is 1.39. The van der Waals surface area contributed by atoms with Crippen LogP contribution < -0.4 is 0 Å². The summed E-state index contributed by atoms with van der Waals surface area (Å²) in [7, 11) is 0. The lowest BCUT2D eigenvalue weighted by Crippen LogP contribution is -2.00. The van der Waals surface area contributed by atoms with Gasteiger partial charge >= 0.3 is 0 Å². The summed E-state index contributed by atoms with van der Waals surface area (Å²) in [5.74, 6) is 0.197. The van der Waals surface area contributed by atoms with E-state index in [2.05, 4.69) is 21.0 Å². The summed E-state index contributed by atoms with van der Waals surface area (Å²) in [5, 5.41) is 4.16. The monoisotopic (exact) mass is 302 g/mol. The lowest BCUT2D eigenvalue weighted by atomic mass is 10.2. The summed E-state index contributed by atoms with van der Waals surface area (Å²) in [6, 6.07) is 4.62. The summed E-state index contributed by atoms with van der Waals surface area (Å²) in [4.78, 5) is 0. The van der Waals surface area contributed by atoms with Gasteiger partial charge in [0, 0.05) is 16.2 Å². The second-order valence-electron chi connectivity index (χ2n) is 3.42. The second kappa shape index (κ2) is 4.97. The molecule has 0 aliphatic heterocycles. The van der Waals surface area contributed by atoms with Crippen LogP contribution in [0.15, 0.2) is 35.1 Å². The number of rotatable bonds is 3. The highest BCUT2D eigenvalue weighted by atomic mass is 79.9. The van der Waals surface area contributed by atoms with E-state index in [0.717, 1.165) is 15.6 Å². The SMILES string of the molecule is Fc1ccc(Cn2cc(CCl)cn2)c(Br)c1. The van der Waals surface area contributed by atoms with Crippen LogP contribution in [0.2, 0.25) is 0 Å². The number of alkyl halides is 1. The summed E-state index contributed by atoms with van der Waals surface area (Å²) in [6.07, 6.45) is 3.60. The van der Waals surface area contributed by atoms with Crippen LogP contribution in [0.4, 0.5) is 4.39 Å². The van der Waals surface area contributed by atoms with Gasteiger partial charge in [0.2, 0.25) is 0 Å². The minimum absolute atomic E-state index is 0.252. The molecule has 2 nitrogen and oxygen atoms in total. The molecule has 0 unspecified atom stereocenters. The van der Waals surface area contributed by atoms with Crippen molar-refractivity contribution >= 4 is 27.5 Å². The Kier molecular flexibility index (Phi) is 3.61. The fraction of sp³-hybridized carbons (Fsp3) is 0.182. The Morgan fingerprint density at radius 1 is 1.44 bits per heavy atom. The van der Waals surface area contributed by atoms with Gasteiger partial charge < -0.3 is 0 Å². The molecule has 16 heavy (non-hydrogen) atoms. The van der Waals surface area contributed by atoms with Gasteiger partial charge in [0.05, 0.1) is 18.6 Å². The Hall–Kier alpha value is -0.870. The molecule has 0 N–H and O–H groups in total. The van der Waals surface area contributed by atoms with E-state index < -0.39 is 0 Å². The molecule has 0 aliphatic rings. The average Bonchev–Trinajstić information content (AvgIpc) is 2.70. The van der Waals surface area contributed by atoms with E-state index in [9.17, 15) is 4.39 Å². The second-order valence-corrected chi connectivity index (χ2v) is 4.54. The molecule has 1 aromatic carbocycles. The molecule has 2 aromatic rings. The predicted molar refractivity (Wildman–Crippen MR) is 65.0 cm³/mol.